The summed E-state index contributed by atoms with van der Waals surface area (Å²) in [7, 11) is 3.71. The minimum absolute atomic E-state index is 0.00434. The van der Waals surface area contributed by atoms with Crippen LogP contribution in [0.5, 0.6) is 23.0 Å². The van der Waals surface area contributed by atoms with Gasteiger partial charge in [0.05, 0.1) is 75.6 Å². The van der Waals surface area contributed by atoms with Gasteiger partial charge in [0, 0.05) is 34.9 Å². The van der Waals surface area contributed by atoms with Crippen molar-refractivity contribution in [1.82, 2.24) is 39.9 Å². The summed E-state index contributed by atoms with van der Waals surface area (Å²) in [5, 5.41) is 10.4. The van der Waals surface area contributed by atoms with Crippen molar-refractivity contribution < 1.29 is 100 Å². The Morgan fingerprint density at radius 1 is 0.539 bits per heavy atom. The number of benzene rings is 2. The second-order valence-corrected chi connectivity index (χ2v) is 26.4. The summed E-state index contributed by atoms with van der Waals surface area (Å²) >= 11 is 15.9. The summed E-state index contributed by atoms with van der Waals surface area (Å²) in [5.41, 5.74) is 3.85. The predicted octanol–water partition coefficient (Wildman–Crippen LogP) is 14.5. The molecule has 10 aromatic rings. The first-order chi connectivity index (χ1) is 47.9. The van der Waals surface area contributed by atoms with E-state index < -0.39 is 123 Å². The molecule has 23 nitrogen and oxygen atoms in total. The molecular weight excluding hydrogens is 1560 g/mol. The number of nitrogen functional groups attached to an aromatic ring is 1. The number of nitrogens with zero attached hydrogens (tertiary/aromatic N) is 9. The number of carbonyl (C=O) groups excluding carboxylic acids is 4. The molecule has 11 heterocycles. The van der Waals surface area contributed by atoms with E-state index in [9.17, 15) is 71.9 Å². The summed E-state index contributed by atoms with van der Waals surface area (Å²) in [6.45, 7) is 11.2. The third-order valence-electron chi connectivity index (χ3n) is 13.1. The van der Waals surface area contributed by atoms with E-state index in [4.69, 9.17) is 26.6 Å². The Kier molecular flexibility index (Phi) is 27.2. The third kappa shape index (κ3) is 21.2. The van der Waals surface area contributed by atoms with Crippen molar-refractivity contribution in [3.63, 3.8) is 0 Å². The first-order valence-corrected chi connectivity index (χ1v) is 32.5. The third-order valence-corrected chi connectivity index (χ3v) is 17.0. The number of alkyl halides is 4. The van der Waals surface area contributed by atoms with Crippen molar-refractivity contribution in [2.45, 2.75) is 65.3 Å². The molecule has 0 aliphatic carbocycles. The zero-order chi connectivity index (χ0) is 75.2. The summed E-state index contributed by atoms with van der Waals surface area (Å²) in [6.07, 6.45) is 4.64. The summed E-state index contributed by atoms with van der Waals surface area (Å²) in [4.78, 5) is 74.4. The van der Waals surface area contributed by atoms with Crippen LogP contribution < -0.4 is 46.1 Å². The number of hydrogen-bond donors (Lipinski definition) is 5. The van der Waals surface area contributed by atoms with Gasteiger partial charge in [-0.1, -0.05) is 22.7 Å². The Balaban J connectivity index is 0.000000178. The molecule has 0 unspecified atom stereocenters. The van der Waals surface area contributed by atoms with Crippen LogP contribution in [0.25, 0.3) is 10.4 Å². The summed E-state index contributed by atoms with van der Waals surface area (Å²) in [5.74, 6) is -11.4. The van der Waals surface area contributed by atoms with Crippen LogP contribution in [0.3, 0.4) is 0 Å². The van der Waals surface area contributed by atoms with Gasteiger partial charge in [0.2, 0.25) is 0 Å². The van der Waals surface area contributed by atoms with Gasteiger partial charge in [0.15, 0.2) is 90.1 Å². The van der Waals surface area contributed by atoms with Gasteiger partial charge in [0.1, 0.15) is 22.3 Å². The van der Waals surface area contributed by atoms with Gasteiger partial charge in [0.25, 0.3) is 23.0 Å². The number of anilines is 4. The molecule has 3 aliphatic heterocycles. The Morgan fingerprint density at radius 3 is 1.25 bits per heavy atom. The fourth-order valence-electron chi connectivity index (χ4n) is 7.95. The fraction of sp³-hybridized carbons (Fsp3) is 0.172. The molecular formula is C58H42B2BrClF12N13O10S5. The maximum atomic E-state index is 13.6. The molecule has 533 valence electrons. The Bertz CT molecular complexity index is 4590. The number of thiazole rings is 4. The topological polar surface area (TPSA) is 301 Å². The Labute approximate surface area is 603 Å². The standard InChI is InChI=1S/C17H9F4N3O3S.C14H17BF2O4.C9H4BrF2N3OS.C9H5F2N3OS.C6H2ClF2NO.C3H4N2S.BHNS/c1-7-2-11-12(27-17(20,21)26-11)3-8(7)13-6-23-16(28-13)24-15(25)14-9(18)4-22-5-10(14)19;1-8-6-10-11(19-14(16,17)18-10)7-9(8)15-20-12(2,3)13(4,5)21-15;10-6-3-14-9(17-6)15-8(16)7-4(11)1-13-2-5(7)12;10-5-3-12-4-6(11)7(5)8(15)14-9-13-1-2-16-9;7-6(11)5-3(8)1-10-2-4(5)9;4-3-5-1-2-6-3;1-2-3/h2-6H,1H3,(H,23,24,25);6-7H,1-5H3;1-3H,(H,14,15,16);1-4H,(H,13,14,15);1-2H;1-2H,(H2,4,5);3H. The fourth-order valence-corrected chi connectivity index (χ4v) is 11.0. The van der Waals surface area contributed by atoms with E-state index in [-0.39, 0.29) is 38.4 Å². The molecule has 0 atom stereocenters. The molecule has 5 N–H and O–H groups in total. The number of rotatable bonds is 9. The Hall–Kier alpha value is -9.23. The molecule has 13 rings (SSSR count). The van der Waals surface area contributed by atoms with E-state index in [0.29, 0.717) is 30.4 Å². The number of ether oxygens (including phenoxy) is 4. The average Bonchev–Trinajstić information content (AvgIpc) is 1.59. The second-order valence-electron chi connectivity index (χ2n) is 20.6. The van der Waals surface area contributed by atoms with Crippen LogP contribution in [0, 0.1) is 60.4 Å². The van der Waals surface area contributed by atoms with Crippen LogP contribution in [0.15, 0.2) is 117 Å². The van der Waals surface area contributed by atoms with E-state index in [1.165, 1.54) is 54.2 Å². The van der Waals surface area contributed by atoms with E-state index in [1.54, 1.807) is 25.4 Å². The summed E-state index contributed by atoms with van der Waals surface area (Å²) in [6, 6.07) is 5.77. The van der Waals surface area contributed by atoms with Crippen LogP contribution in [0.4, 0.5) is 73.2 Å². The molecule has 0 saturated carbocycles. The van der Waals surface area contributed by atoms with Crippen molar-refractivity contribution in [3.8, 4) is 33.4 Å². The van der Waals surface area contributed by atoms with Gasteiger partial charge >= 0.3 is 44.5 Å². The number of fused-ring (bicyclic) bond motifs is 2. The molecule has 1 saturated heterocycles. The van der Waals surface area contributed by atoms with E-state index in [2.05, 4.69) is 115 Å². The molecule has 102 heavy (non-hydrogen) atoms. The quantitative estimate of drug-likeness (QED) is 0.0388. The van der Waals surface area contributed by atoms with E-state index in [1.807, 2.05) is 33.1 Å². The zero-order valence-corrected chi connectivity index (χ0v) is 58.6. The zero-order valence-electron chi connectivity index (χ0n) is 52.1. The summed E-state index contributed by atoms with van der Waals surface area (Å²) < 4.78 is 191. The van der Waals surface area contributed by atoms with Crippen molar-refractivity contribution in [2.75, 3.05) is 21.7 Å². The van der Waals surface area contributed by atoms with Gasteiger partial charge in [-0.15, -0.1) is 40.2 Å². The second kappa shape index (κ2) is 34.6. The normalized spacial score (nSPS) is 13.9. The number of halogens is 14. The molecule has 3 amide bonds. The number of nitrogens with one attached hydrogen (secondary N) is 3. The van der Waals surface area contributed by atoms with Crippen molar-refractivity contribution in [1.29, 1.82) is 0 Å². The van der Waals surface area contributed by atoms with Crippen molar-refractivity contribution in [2.24, 2.45) is 4.30 Å². The van der Waals surface area contributed by atoms with Gasteiger partial charge in [-0.25, -0.2) is 55.1 Å². The predicted molar refractivity (Wildman–Crippen MR) is 358 cm³/mol. The maximum absolute atomic E-state index is 13.6. The van der Waals surface area contributed by atoms with Crippen molar-refractivity contribution in [3.05, 3.63) is 193 Å². The molecule has 8 aromatic heterocycles. The Morgan fingerprint density at radius 2 is 0.902 bits per heavy atom. The van der Waals surface area contributed by atoms with Gasteiger partial charge < -0.3 is 34.0 Å². The van der Waals surface area contributed by atoms with Crippen LogP contribution in [-0.4, -0.2) is 101 Å². The molecule has 44 heteroatoms. The van der Waals surface area contributed by atoms with E-state index >= 15 is 0 Å². The van der Waals surface area contributed by atoms with Gasteiger partial charge in [-0.05, 0) is 110 Å². The first-order valence-electron chi connectivity index (χ1n) is 27.6. The number of amides is 3. The molecule has 0 spiro atoms. The number of aryl methyl sites for hydroxylation is 2. The number of pyridine rings is 4. The SMILES string of the molecule is Cc1cc2c(cc1-c1cnc(NC(=O)c3c(F)cncc3F)s1)OC(F)(F)O2.Cc1cc2c(cc1B1OC(C)(C)C(C)(C)O1)OC(F)(F)O2.Nc1nccs1.O=C(Cl)c1c(F)cncc1F.O=C(Nc1ncc(Br)s1)c1c(F)cncc1F.O=C(Nc1nccs1)c1c(F)cncc1F.[B]=NS. The van der Waals surface area contributed by atoms with Crippen LogP contribution in [0.2, 0.25) is 0 Å². The first kappa shape index (κ1) is 80.1. The van der Waals surface area contributed by atoms with Gasteiger partial charge in [-0.3, -0.25) is 55.1 Å². The monoisotopic (exact) mass is 1600 g/mol. The van der Waals surface area contributed by atoms with Crippen LogP contribution in [-0.2, 0) is 9.31 Å². The average molecular weight is 1610 g/mol. The molecule has 2 aromatic carbocycles. The van der Waals surface area contributed by atoms with Crippen LogP contribution >= 0.6 is 85.7 Å². The molecule has 0 bridgehead atoms. The van der Waals surface area contributed by atoms with Gasteiger partial charge in [-0.2, -0.15) is 0 Å². The van der Waals surface area contributed by atoms with E-state index in [0.717, 1.165) is 89.1 Å². The molecule has 3 aliphatic rings. The number of hydrogen-bond acceptors (Lipinski definition) is 25. The number of carbonyl (C=O) groups is 4. The number of thiol groups is 1. The minimum atomic E-state index is -3.74. The molecule has 1 fully saturated rings. The van der Waals surface area contributed by atoms with Crippen LogP contribution in [0.1, 0.15) is 80.3 Å². The number of nitrogens with two attached hydrogens (primary N) is 1. The molecule has 1 radical (unpaired) electrons. The van der Waals surface area contributed by atoms with Crippen molar-refractivity contribution >= 4 is 149 Å². The number of aromatic nitrogens is 8.